The molecule has 0 fully saturated rings. The van der Waals surface area contributed by atoms with Gasteiger partial charge >= 0.3 is 5.97 Å². The molecule has 2 rings (SSSR count). The van der Waals surface area contributed by atoms with E-state index in [2.05, 4.69) is 10.1 Å². The molecule has 0 unspecified atom stereocenters. The van der Waals surface area contributed by atoms with Crippen molar-refractivity contribution < 1.29 is 14.1 Å². The first kappa shape index (κ1) is 13.2. The summed E-state index contributed by atoms with van der Waals surface area (Å²) in [5.74, 6) is 0.459. The van der Waals surface area contributed by atoms with Gasteiger partial charge < -0.3 is 14.2 Å². The highest BCUT2D eigenvalue weighted by atomic mass is 16.5. The molecule has 0 aliphatic rings. The van der Waals surface area contributed by atoms with Gasteiger partial charge in [-0.25, -0.2) is 4.79 Å². The van der Waals surface area contributed by atoms with Crippen LogP contribution < -0.4 is 0 Å². The van der Waals surface area contributed by atoms with Gasteiger partial charge in [-0.2, -0.15) is 4.98 Å². The average molecular weight is 261 g/mol. The van der Waals surface area contributed by atoms with Crippen LogP contribution in [0.3, 0.4) is 0 Å². The van der Waals surface area contributed by atoms with Gasteiger partial charge in [0.1, 0.15) is 0 Å². The maximum absolute atomic E-state index is 11.7. The Morgan fingerprint density at radius 3 is 2.79 bits per heavy atom. The number of hydrogen-bond acceptors (Lipinski definition) is 6. The number of rotatable bonds is 4. The van der Waals surface area contributed by atoms with Crippen LogP contribution in [0.15, 0.2) is 28.8 Å². The minimum absolute atomic E-state index is 0.317. The third-order valence-corrected chi connectivity index (χ3v) is 2.49. The van der Waals surface area contributed by atoms with Crippen molar-refractivity contribution in [3.8, 4) is 11.5 Å². The molecule has 0 saturated heterocycles. The second kappa shape index (κ2) is 5.62. The van der Waals surface area contributed by atoms with Gasteiger partial charge in [-0.05, 0) is 26.2 Å². The molecule has 100 valence electrons. The maximum atomic E-state index is 11.7. The number of esters is 1. The predicted octanol–water partition coefficient (Wildman–Crippen LogP) is 1.58. The Kier molecular flexibility index (Phi) is 3.91. The summed E-state index contributed by atoms with van der Waals surface area (Å²) >= 11 is 0. The normalized spacial score (nSPS) is 10.7. The fourth-order valence-electron chi connectivity index (χ4n) is 1.67. The van der Waals surface area contributed by atoms with Crippen LogP contribution in [0.25, 0.3) is 11.5 Å². The van der Waals surface area contributed by atoms with Gasteiger partial charge in [0.15, 0.2) is 5.82 Å². The highest BCUT2D eigenvalue weighted by molar-refractivity contribution is 5.96. The summed E-state index contributed by atoms with van der Waals surface area (Å²) < 4.78 is 9.92. The number of ether oxygens (including phenoxy) is 1. The predicted molar refractivity (Wildman–Crippen MR) is 68.5 cm³/mol. The molecule has 6 heteroatoms. The van der Waals surface area contributed by atoms with Crippen LogP contribution >= 0.6 is 0 Å². The van der Waals surface area contributed by atoms with E-state index in [0.717, 1.165) is 0 Å². The summed E-state index contributed by atoms with van der Waals surface area (Å²) in [6, 6.07) is 6.97. The molecule has 0 bridgehead atoms. The number of aromatic nitrogens is 2. The molecule has 0 aliphatic heterocycles. The smallest absolute Gasteiger partial charge is 0.338 e. The summed E-state index contributed by atoms with van der Waals surface area (Å²) in [7, 11) is 5.17. The van der Waals surface area contributed by atoms with Crippen molar-refractivity contribution in [3.63, 3.8) is 0 Å². The van der Waals surface area contributed by atoms with E-state index >= 15 is 0 Å². The molecule has 6 nitrogen and oxygen atoms in total. The van der Waals surface area contributed by atoms with E-state index in [-0.39, 0.29) is 0 Å². The van der Waals surface area contributed by atoms with Gasteiger partial charge in [0, 0.05) is 0 Å². The molecule has 0 atom stereocenters. The second-order valence-electron chi connectivity index (χ2n) is 4.29. The monoisotopic (exact) mass is 261 g/mol. The lowest BCUT2D eigenvalue weighted by molar-refractivity contribution is 0.0601. The summed E-state index contributed by atoms with van der Waals surface area (Å²) in [5, 5.41) is 3.88. The zero-order valence-corrected chi connectivity index (χ0v) is 11.1. The van der Waals surface area contributed by atoms with Crippen LogP contribution in [0, 0.1) is 0 Å². The number of carbonyl (C=O) groups is 1. The Bertz CT molecular complexity index is 578. The van der Waals surface area contributed by atoms with E-state index in [1.54, 1.807) is 24.3 Å². The first-order valence-electron chi connectivity index (χ1n) is 5.77. The lowest BCUT2D eigenvalue weighted by Gasteiger charge is -2.04. The third-order valence-electron chi connectivity index (χ3n) is 2.49. The molecule has 0 N–H and O–H groups in total. The lowest BCUT2D eigenvalue weighted by atomic mass is 10.1. The van der Waals surface area contributed by atoms with Gasteiger partial charge in [-0.3, -0.25) is 0 Å². The molecule has 0 aliphatic carbocycles. The summed E-state index contributed by atoms with van der Waals surface area (Å²) in [6.07, 6.45) is 0. The van der Waals surface area contributed by atoms with E-state index in [0.29, 0.717) is 29.4 Å². The number of carbonyl (C=O) groups excluding carboxylic acids is 1. The Labute approximate surface area is 111 Å². The van der Waals surface area contributed by atoms with Crippen LogP contribution in [0.5, 0.6) is 0 Å². The van der Waals surface area contributed by atoms with Gasteiger partial charge in [-0.1, -0.05) is 17.3 Å². The zero-order chi connectivity index (χ0) is 13.8. The highest BCUT2D eigenvalue weighted by Gasteiger charge is 2.17. The Morgan fingerprint density at radius 2 is 2.11 bits per heavy atom. The number of benzene rings is 1. The maximum Gasteiger partial charge on any atom is 0.338 e. The molecular weight excluding hydrogens is 246 g/mol. The van der Waals surface area contributed by atoms with Gasteiger partial charge in [0.05, 0.1) is 24.8 Å². The minimum atomic E-state index is -0.428. The van der Waals surface area contributed by atoms with E-state index in [1.165, 1.54) is 7.11 Å². The van der Waals surface area contributed by atoms with Crippen molar-refractivity contribution in [1.82, 2.24) is 15.0 Å². The molecule has 1 aromatic carbocycles. The molecule has 2 aromatic rings. The first-order chi connectivity index (χ1) is 9.11. The standard InChI is InChI=1S/C13H15N3O3/c1-16(2)8-11-14-12(19-15-11)9-6-4-5-7-10(9)13(17)18-3/h4-7H,8H2,1-3H3. The summed E-state index contributed by atoms with van der Waals surface area (Å²) in [5.41, 5.74) is 0.983. The van der Waals surface area contributed by atoms with Crippen LogP contribution in [0.2, 0.25) is 0 Å². The quantitative estimate of drug-likeness (QED) is 0.778. The molecule has 0 amide bonds. The highest BCUT2D eigenvalue weighted by Crippen LogP contribution is 2.22. The second-order valence-corrected chi connectivity index (χ2v) is 4.29. The van der Waals surface area contributed by atoms with Crippen LogP contribution in [0.4, 0.5) is 0 Å². The summed E-state index contributed by atoms with van der Waals surface area (Å²) in [4.78, 5) is 17.9. The average Bonchev–Trinajstić information content (AvgIpc) is 2.85. The Balaban J connectivity index is 2.36. The van der Waals surface area contributed by atoms with Gasteiger partial charge in [0.25, 0.3) is 5.89 Å². The molecule has 0 saturated carbocycles. The van der Waals surface area contributed by atoms with Crippen LogP contribution in [-0.2, 0) is 11.3 Å². The number of nitrogens with zero attached hydrogens (tertiary/aromatic N) is 3. The molecular formula is C13H15N3O3. The Morgan fingerprint density at radius 1 is 1.37 bits per heavy atom. The topological polar surface area (TPSA) is 68.5 Å². The fourth-order valence-corrected chi connectivity index (χ4v) is 1.67. The molecule has 0 radical (unpaired) electrons. The molecule has 1 heterocycles. The van der Waals surface area contributed by atoms with E-state index < -0.39 is 5.97 Å². The summed E-state index contributed by atoms with van der Waals surface area (Å²) in [6.45, 7) is 0.573. The van der Waals surface area contributed by atoms with E-state index in [9.17, 15) is 4.79 Å². The van der Waals surface area contributed by atoms with E-state index in [4.69, 9.17) is 9.26 Å². The first-order valence-corrected chi connectivity index (χ1v) is 5.77. The van der Waals surface area contributed by atoms with Gasteiger partial charge in [0.2, 0.25) is 0 Å². The SMILES string of the molecule is COC(=O)c1ccccc1-c1nc(CN(C)C)no1. The largest absolute Gasteiger partial charge is 0.465 e. The molecule has 0 spiro atoms. The van der Waals surface area contributed by atoms with E-state index in [1.807, 2.05) is 19.0 Å². The van der Waals surface area contributed by atoms with Crippen molar-refractivity contribution in [2.24, 2.45) is 0 Å². The molecule has 1 aromatic heterocycles. The van der Waals surface area contributed by atoms with Crippen molar-refractivity contribution in [1.29, 1.82) is 0 Å². The Hall–Kier alpha value is -2.21. The minimum Gasteiger partial charge on any atom is -0.465 e. The van der Waals surface area contributed by atoms with Crippen LogP contribution in [-0.4, -0.2) is 42.2 Å². The van der Waals surface area contributed by atoms with Crippen LogP contribution in [0.1, 0.15) is 16.2 Å². The van der Waals surface area contributed by atoms with Crippen molar-refractivity contribution in [3.05, 3.63) is 35.7 Å². The lowest BCUT2D eigenvalue weighted by Crippen LogP contribution is -2.11. The zero-order valence-electron chi connectivity index (χ0n) is 11.1. The van der Waals surface area contributed by atoms with Gasteiger partial charge in [-0.15, -0.1) is 0 Å². The van der Waals surface area contributed by atoms with Crippen molar-refractivity contribution >= 4 is 5.97 Å². The molecule has 19 heavy (non-hydrogen) atoms. The third kappa shape index (κ3) is 2.97. The number of hydrogen-bond donors (Lipinski definition) is 0. The fraction of sp³-hybridized carbons (Fsp3) is 0.308. The van der Waals surface area contributed by atoms with Crippen molar-refractivity contribution in [2.75, 3.05) is 21.2 Å². The van der Waals surface area contributed by atoms with Crippen molar-refractivity contribution in [2.45, 2.75) is 6.54 Å². The number of methoxy groups -OCH3 is 1.